The van der Waals surface area contributed by atoms with E-state index in [0.29, 0.717) is 49.7 Å². The van der Waals surface area contributed by atoms with Crippen LogP contribution in [0.5, 0.6) is 0 Å². The molecule has 1 atom stereocenters. The second kappa shape index (κ2) is 10.1. The molecular formula is C23H24FN5O3S. The number of nitrogens with zero attached hydrogens (tertiary/aromatic N) is 3. The van der Waals surface area contributed by atoms with Crippen LogP contribution in [0.3, 0.4) is 0 Å². The van der Waals surface area contributed by atoms with Crippen LogP contribution in [0.15, 0.2) is 42.5 Å². The lowest BCUT2D eigenvalue weighted by Gasteiger charge is -2.14. The summed E-state index contributed by atoms with van der Waals surface area (Å²) >= 11 is 1.26. The normalized spacial score (nSPS) is 15.5. The number of hydrogen-bond acceptors (Lipinski definition) is 8. The largest absolute Gasteiger partial charge is 0.444 e. The predicted octanol–water partition coefficient (Wildman–Crippen LogP) is 4.11. The van der Waals surface area contributed by atoms with E-state index in [2.05, 4.69) is 14.7 Å². The fourth-order valence-electron chi connectivity index (χ4n) is 3.55. The van der Waals surface area contributed by atoms with Crippen molar-refractivity contribution in [1.82, 2.24) is 9.36 Å². The van der Waals surface area contributed by atoms with Crippen LogP contribution in [-0.2, 0) is 22.6 Å². The van der Waals surface area contributed by atoms with E-state index in [1.54, 1.807) is 12.1 Å². The minimum absolute atomic E-state index is 0.0437. The monoisotopic (exact) mass is 469 g/mol. The highest BCUT2D eigenvalue weighted by molar-refractivity contribution is 7.05. The maximum atomic E-state index is 14.9. The molecule has 1 aliphatic heterocycles. The molecular weight excluding hydrogens is 445 g/mol. The van der Waals surface area contributed by atoms with Crippen LogP contribution in [0.1, 0.15) is 30.3 Å². The van der Waals surface area contributed by atoms with Crippen LogP contribution in [0.4, 0.5) is 20.8 Å². The van der Waals surface area contributed by atoms with Crippen molar-refractivity contribution in [1.29, 1.82) is 0 Å². The molecule has 10 heteroatoms. The van der Waals surface area contributed by atoms with Crippen LogP contribution < -0.4 is 16.0 Å². The summed E-state index contributed by atoms with van der Waals surface area (Å²) in [6, 6.07) is 12.2. The quantitative estimate of drug-likeness (QED) is 0.485. The van der Waals surface area contributed by atoms with Crippen molar-refractivity contribution in [3.05, 3.63) is 58.9 Å². The number of cyclic esters (lactones) is 1. The SMILES string of the molecule is CC(=O)CC[C@H]1CN(c2ccc(-c3ccc(CNc4nsc(CN)n4)cc3)c(F)c2)C(=O)O1. The van der Waals surface area contributed by atoms with Gasteiger partial charge in [-0.1, -0.05) is 24.3 Å². The predicted molar refractivity (Wildman–Crippen MR) is 124 cm³/mol. The molecule has 1 aromatic heterocycles. The average Bonchev–Trinajstić information content (AvgIpc) is 3.43. The Kier molecular flexibility index (Phi) is 6.95. The standard InChI is InChI=1S/C23H24FN5O3S/c1-14(30)2-8-18-13-29(23(31)32-18)17-7-9-19(20(24)10-17)16-5-3-15(4-6-16)12-26-22-27-21(11-25)33-28-22/h3-7,9-10,18H,2,8,11-13,25H2,1H3,(H,26,28)/t18-/m0/s1. The van der Waals surface area contributed by atoms with Crippen LogP contribution >= 0.6 is 11.5 Å². The maximum Gasteiger partial charge on any atom is 0.414 e. The average molecular weight is 470 g/mol. The zero-order valence-electron chi connectivity index (χ0n) is 18.1. The topological polar surface area (TPSA) is 110 Å². The minimum Gasteiger partial charge on any atom is -0.444 e. The van der Waals surface area contributed by atoms with E-state index in [1.165, 1.54) is 29.4 Å². The molecule has 1 fully saturated rings. The smallest absolute Gasteiger partial charge is 0.414 e. The zero-order valence-corrected chi connectivity index (χ0v) is 18.9. The number of hydrogen-bond donors (Lipinski definition) is 2. The molecule has 1 saturated heterocycles. The van der Waals surface area contributed by atoms with Gasteiger partial charge in [0.15, 0.2) is 0 Å². The molecule has 2 aromatic carbocycles. The van der Waals surface area contributed by atoms with Crippen molar-refractivity contribution >= 4 is 35.0 Å². The summed E-state index contributed by atoms with van der Waals surface area (Å²) in [5, 5.41) is 3.90. The van der Waals surface area contributed by atoms with Gasteiger partial charge in [-0.25, -0.2) is 14.2 Å². The number of amides is 1. The van der Waals surface area contributed by atoms with E-state index in [9.17, 15) is 14.0 Å². The first-order valence-corrected chi connectivity index (χ1v) is 11.3. The van der Waals surface area contributed by atoms with Crippen molar-refractivity contribution in [3.63, 3.8) is 0 Å². The summed E-state index contributed by atoms with van der Waals surface area (Å²) < 4.78 is 24.4. The van der Waals surface area contributed by atoms with Crippen molar-refractivity contribution < 1.29 is 18.7 Å². The number of carbonyl (C=O) groups is 2. The van der Waals surface area contributed by atoms with E-state index in [1.807, 2.05) is 24.3 Å². The fourth-order valence-corrected chi connectivity index (χ4v) is 4.04. The Labute approximate surface area is 194 Å². The summed E-state index contributed by atoms with van der Waals surface area (Å²) in [4.78, 5) is 29.0. The first-order valence-electron chi connectivity index (χ1n) is 10.6. The third-order valence-electron chi connectivity index (χ3n) is 5.32. The van der Waals surface area contributed by atoms with Gasteiger partial charge >= 0.3 is 6.09 Å². The minimum atomic E-state index is -0.527. The van der Waals surface area contributed by atoms with Crippen LogP contribution in [0.25, 0.3) is 11.1 Å². The molecule has 0 spiro atoms. The molecule has 33 heavy (non-hydrogen) atoms. The number of rotatable bonds is 9. The second-order valence-electron chi connectivity index (χ2n) is 7.79. The Balaban J connectivity index is 1.40. The fraction of sp³-hybridized carbons (Fsp3) is 0.304. The molecule has 0 radical (unpaired) electrons. The lowest BCUT2D eigenvalue weighted by Crippen LogP contribution is -2.24. The van der Waals surface area contributed by atoms with E-state index in [4.69, 9.17) is 10.5 Å². The van der Waals surface area contributed by atoms with Gasteiger partial charge in [0, 0.05) is 25.1 Å². The number of Topliss-reactive ketones (excluding diaryl/α,β-unsaturated/α-hetero) is 1. The zero-order chi connectivity index (χ0) is 23.4. The summed E-state index contributed by atoms with van der Waals surface area (Å²) in [6.07, 6.45) is -0.0847. The Hall–Kier alpha value is -3.37. The van der Waals surface area contributed by atoms with Crippen molar-refractivity contribution in [2.45, 2.75) is 39.0 Å². The number of carbonyl (C=O) groups excluding carboxylic acids is 2. The van der Waals surface area contributed by atoms with Gasteiger partial charge in [-0.2, -0.15) is 4.37 Å². The van der Waals surface area contributed by atoms with Gasteiger partial charge in [0.1, 0.15) is 22.7 Å². The number of ether oxygens (including phenoxy) is 1. The Morgan fingerprint density at radius 1 is 1.30 bits per heavy atom. The highest BCUT2D eigenvalue weighted by Crippen LogP contribution is 2.30. The molecule has 0 unspecified atom stereocenters. The number of anilines is 2. The lowest BCUT2D eigenvalue weighted by atomic mass is 10.0. The highest BCUT2D eigenvalue weighted by atomic mass is 32.1. The van der Waals surface area contributed by atoms with Crippen LogP contribution in [-0.4, -0.2) is 33.9 Å². The summed E-state index contributed by atoms with van der Waals surface area (Å²) in [7, 11) is 0. The summed E-state index contributed by atoms with van der Waals surface area (Å²) in [5.41, 5.74) is 8.14. The third-order valence-corrected chi connectivity index (χ3v) is 6.05. The number of nitrogens with one attached hydrogen (secondary N) is 1. The van der Waals surface area contributed by atoms with Gasteiger partial charge in [-0.3, -0.25) is 4.90 Å². The molecule has 8 nitrogen and oxygen atoms in total. The van der Waals surface area contributed by atoms with E-state index in [0.717, 1.165) is 16.1 Å². The Morgan fingerprint density at radius 3 is 2.76 bits per heavy atom. The summed E-state index contributed by atoms with van der Waals surface area (Å²) in [6.45, 7) is 2.69. The van der Waals surface area contributed by atoms with Gasteiger partial charge in [0.2, 0.25) is 5.95 Å². The Morgan fingerprint density at radius 2 is 2.09 bits per heavy atom. The highest BCUT2D eigenvalue weighted by Gasteiger charge is 2.32. The molecule has 0 saturated carbocycles. The molecule has 0 bridgehead atoms. The van der Waals surface area contributed by atoms with Crippen LogP contribution in [0, 0.1) is 5.82 Å². The van der Waals surface area contributed by atoms with Gasteiger partial charge in [-0.05, 0) is 54.2 Å². The van der Waals surface area contributed by atoms with Crippen molar-refractivity contribution in [2.75, 3.05) is 16.8 Å². The number of aromatic nitrogens is 2. The number of nitrogens with two attached hydrogens (primary N) is 1. The van der Waals surface area contributed by atoms with E-state index < -0.39 is 11.9 Å². The molecule has 1 amide bonds. The molecule has 172 valence electrons. The number of benzene rings is 2. The lowest BCUT2D eigenvalue weighted by molar-refractivity contribution is -0.117. The maximum absolute atomic E-state index is 14.9. The van der Waals surface area contributed by atoms with Crippen LogP contribution in [0.2, 0.25) is 0 Å². The number of halogens is 1. The van der Waals surface area contributed by atoms with Gasteiger partial charge < -0.3 is 20.6 Å². The first-order chi connectivity index (χ1) is 15.9. The Bertz CT molecular complexity index is 1150. The summed E-state index contributed by atoms with van der Waals surface area (Å²) in [5.74, 6) is 0.150. The van der Waals surface area contributed by atoms with Crippen molar-refractivity contribution in [3.8, 4) is 11.1 Å². The molecule has 3 aromatic rings. The van der Waals surface area contributed by atoms with Gasteiger partial charge in [0.25, 0.3) is 0 Å². The molecule has 2 heterocycles. The molecule has 0 aliphatic carbocycles. The van der Waals surface area contributed by atoms with Gasteiger partial charge in [0.05, 0.1) is 12.2 Å². The molecule has 1 aliphatic rings. The van der Waals surface area contributed by atoms with Crippen molar-refractivity contribution in [2.24, 2.45) is 5.73 Å². The number of ketones is 1. The van der Waals surface area contributed by atoms with Gasteiger partial charge in [-0.15, -0.1) is 0 Å². The second-order valence-corrected chi connectivity index (χ2v) is 8.62. The van der Waals surface area contributed by atoms with E-state index >= 15 is 0 Å². The molecule has 3 N–H and O–H groups in total. The molecule has 4 rings (SSSR count). The third kappa shape index (κ3) is 5.52. The first kappa shape index (κ1) is 22.8. The van der Waals surface area contributed by atoms with E-state index in [-0.39, 0.29) is 11.9 Å².